The van der Waals surface area contributed by atoms with Gasteiger partial charge in [-0.05, 0) is 0 Å². The molecule has 0 atom stereocenters. The highest BCUT2D eigenvalue weighted by Crippen LogP contribution is 2.35. The molecule has 0 fully saturated rings. The largest absolute Gasteiger partial charge is 0.257 e. The maximum Gasteiger partial charge on any atom is 0.162 e. The molecular formula is C4H4N2S2. The second-order valence-electron chi connectivity index (χ2n) is 1.56. The lowest BCUT2D eigenvalue weighted by molar-refractivity contribution is 0.813. The SMILES string of the molecule is C1=NC2N=CSC2S1. The average molecular weight is 144 g/mol. The molecule has 0 aliphatic carbocycles. The summed E-state index contributed by atoms with van der Waals surface area (Å²) >= 11 is 3.52. The third-order valence-corrected chi connectivity index (χ3v) is 3.24. The van der Waals surface area contributed by atoms with Crippen molar-refractivity contribution in [3.8, 4) is 0 Å². The Labute approximate surface area is 55.9 Å². The highest BCUT2D eigenvalue weighted by atomic mass is 32.2. The van der Waals surface area contributed by atoms with Gasteiger partial charge in [-0.3, -0.25) is 9.98 Å². The predicted octanol–water partition coefficient (Wildman–Crippen LogP) is 1.19. The molecule has 4 heteroatoms. The smallest absolute Gasteiger partial charge is 0.162 e. The van der Waals surface area contributed by atoms with Crippen molar-refractivity contribution in [2.45, 2.75) is 10.7 Å². The first-order valence-electron chi connectivity index (χ1n) is 2.31. The second kappa shape index (κ2) is 1.77. The van der Waals surface area contributed by atoms with Gasteiger partial charge in [-0.15, -0.1) is 0 Å². The highest BCUT2D eigenvalue weighted by molar-refractivity contribution is 8.29. The zero-order valence-corrected chi connectivity index (χ0v) is 5.65. The average Bonchev–Trinajstić information content (AvgIpc) is 2.15. The summed E-state index contributed by atoms with van der Waals surface area (Å²) in [5.74, 6) is 0. The third kappa shape index (κ3) is 0.596. The molecule has 0 unspecified atom stereocenters. The minimum Gasteiger partial charge on any atom is -0.257 e. The first kappa shape index (κ1) is 4.88. The zero-order valence-electron chi connectivity index (χ0n) is 4.02. The van der Waals surface area contributed by atoms with Crippen LogP contribution in [0.15, 0.2) is 9.98 Å². The first-order valence-corrected chi connectivity index (χ1v) is 4.19. The van der Waals surface area contributed by atoms with Gasteiger partial charge >= 0.3 is 0 Å². The molecule has 0 bridgehead atoms. The van der Waals surface area contributed by atoms with Gasteiger partial charge in [0.15, 0.2) is 6.17 Å². The molecule has 0 N–H and O–H groups in total. The van der Waals surface area contributed by atoms with E-state index >= 15 is 0 Å². The predicted molar refractivity (Wildman–Crippen MR) is 39.7 cm³/mol. The molecule has 0 spiro atoms. The van der Waals surface area contributed by atoms with Crippen LogP contribution in [0.25, 0.3) is 0 Å². The lowest BCUT2D eigenvalue weighted by Gasteiger charge is -1.99. The topological polar surface area (TPSA) is 24.7 Å². The summed E-state index contributed by atoms with van der Waals surface area (Å²) in [5.41, 5.74) is 3.78. The van der Waals surface area contributed by atoms with Crippen LogP contribution in [0, 0.1) is 0 Å². The van der Waals surface area contributed by atoms with E-state index in [-0.39, 0.29) is 6.17 Å². The van der Waals surface area contributed by atoms with Crippen LogP contribution in [0.1, 0.15) is 0 Å². The molecular weight excluding hydrogens is 140 g/mol. The number of fused-ring (bicyclic) bond motifs is 1. The summed E-state index contributed by atoms with van der Waals surface area (Å²) in [6.07, 6.45) is 0.241. The number of hydrogen-bond acceptors (Lipinski definition) is 4. The Bertz CT molecular complexity index is 138. The summed E-state index contributed by atoms with van der Waals surface area (Å²) in [5, 5.41) is 0. The van der Waals surface area contributed by atoms with Gasteiger partial charge in [-0.25, -0.2) is 0 Å². The van der Waals surface area contributed by atoms with Crippen molar-refractivity contribution >= 4 is 34.6 Å². The molecule has 0 saturated heterocycles. The van der Waals surface area contributed by atoms with Gasteiger partial charge in [-0.2, -0.15) is 0 Å². The van der Waals surface area contributed by atoms with Gasteiger partial charge in [0.05, 0.1) is 11.1 Å². The van der Waals surface area contributed by atoms with E-state index in [1.54, 1.807) is 23.5 Å². The van der Waals surface area contributed by atoms with E-state index in [1.165, 1.54) is 0 Å². The molecule has 0 aromatic carbocycles. The zero-order chi connectivity index (χ0) is 5.40. The number of aliphatic imine (C=N–C) groups is 2. The van der Waals surface area contributed by atoms with Crippen LogP contribution in [0.5, 0.6) is 0 Å². The maximum atomic E-state index is 4.12. The molecule has 2 aliphatic heterocycles. The summed E-state index contributed by atoms with van der Waals surface area (Å²) in [7, 11) is 0. The van der Waals surface area contributed by atoms with Crippen molar-refractivity contribution in [3.05, 3.63) is 0 Å². The van der Waals surface area contributed by atoms with Crippen molar-refractivity contribution in [2.75, 3.05) is 0 Å². The Morgan fingerprint density at radius 1 is 1.12 bits per heavy atom. The van der Waals surface area contributed by atoms with Gasteiger partial charge in [0.1, 0.15) is 4.58 Å². The fourth-order valence-electron chi connectivity index (χ4n) is 0.667. The standard InChI is InChI=1S/C4H4N2S2/c1-5-3-4(7-1)8-2-6-3/h1-4H. The summed E-state index contributed by atoms with van der Waals surface area (Å²) in [6, 6.07) is 0. The summed E-state index contributed by atoms with van der Waals surface area (Å²) in [4.78, 5) is 8.23. The van der Waals surface area contributed by atoms with Crippen molar-refractivity contribution in [1.29, 1.82) is 0 Å². The molecule has 0 aromatic heterocycles. The second-order valence-corrected chi connectivity index (χ2v) is 3.84. The number of thioether (sulfide) groups is 2. The number of rotatable bonds is 0. The van der Waals surface area contributed by atoms with Crippen LogP contribution >= 0.6 is 23.5 Å². The monoisotopic (exact) mass is 144 g/mol. The maximum absolute atomic E-state index is 4.12. The Morgan fingerprint density at radius 2 is 1.75 bits per heavy atom. The van der Waals surface area contributed by atoms with E-state index in [2.05, 4.69) is 9.98 Å². The van der Waals surface area contributed by atoms with Crippen LogP contribution in [0.2, 0.25) is 0 Å². The Kier molecular flexibility index (Phi) is 1.08. The quantitative estimate of drug-likeness (QED) is 0.510. The number of nitrogens with zero attached hydrogens (tertiary/aromatic N) is 2. The lowest BCUT2D eigenvalue weighted by Crippen LogP contribution is -2.03. The Hall–Kier alpha value is 0.0400. The van der Waals surface area contributed by atoms with Crippen molar-refractivity contribution in [3.63, 3.8) is 0 Å². The van der Waals surface area contributed by atoms with Gasteiger partial charge in [0.25, 0.3) is 0 Å². The molecule has 0 radical (unpaired) electrons. The van der Waals surface area contributed by atoms with E-state index in [1.807, 2.05) is 11.1 Å². The van der Waals surface area contributed by atoms with Crippen LogP contribution in [0.3, 0.4) is 0 Å². The van der Waals surface area contributed by atoms with Crippen molar-refractivity contribution in [2.24, 2.45) is 9.98 Å². The highest BCUT2D eigenvalue weighted by Gasteiger charge is 2.27. The molecule has 2 heterocycles. The summed E-state index contributed by atoms with van der Waals surface area (Å²) < 4.78 is 0.565. The van der Waals surface area contributed by atoms with Gasteiger partial charge < -0.3 is 0 Å². The van der Waals surface area contributed by atoms with Crippen molar-refractivity contribution in [1.82, 2.24) is 0 Å². The number of hydrogen-bond donors (Lipinski definition) is 0. The lowest BCUT2D eigenvalue weighted by atomic mass is 10.6. The Balaban J connectivity index is 2.22. The van der Waals surface area contributed by atoms with E-state index in [0.717, 1.165) is 0 Å². The van der Waals surface area contributed by atoms with Gasteiger partial charge in [0, 0.05) is 0 Å². The van der Waals surface area contributed by atoms with E-state index < -0.39 is 0 Å². The molecule has 0 amide bonds. The first-order chi connectivity index (χ1) is 3.97. The third-order valence-electron chi connectivity index (χ3n) is 1.06. The van der Waals surface area contributed by atoms with Crippen LogP contribution in [-0.4, -0.2) is 21.8 Å². The van der Waals surface area contributed by atoms with Gasteiger partial charge in [0.2, 0.25) is 0 Å². The minimum atomic E-state index is 0.241. The summed E-state index contributed by atoms with van der Waals surface area (Å²) in [6.45, 7) is 0. The molecule has 2 nitrogen and oxygen atoms in total. The fourth-order valence-corrected chi connectivity index (χ4v) is 2.41. The Morgan fingerprint density at radius 3 is 2.25 bits per heavy atom. The normalized spacial score (nSPS) is 41.0. The van der Waals surface area contributed by atoms with Crippen molar-refractivity contribution < 1.29 is 0 Å². The van der Waals surface area contributed by atoms with Crippen LogP contribution in [0.4, 0.5) is 0 Å². The van der Waals surface area contributed by atoms with E-state index in [0.29, 0.717) is 4.58 Å². The molecule has 2 aliphatic rings. The molecule has 8 heavy (non-hydrogen) atoms. The van der Waals surface area contributed by atoms with E-state index in [9.17, 15) is 0 Å². The van der Waals surface area contributed by atoms with Crippen LogP contribution < -0.4 is 0 Å². The molecule has 0 aromatic rings. The molecule has 2 rings (SSSR count). The fraction of sp³-hybridized carbons (Fsp3) is 0.500. The minimum absolute atomic E-state index is 0.241. The van der Waals surface area contributed by atoms with Gasteiger partial charge in [-0.1, -0.05) is 23.5 Å². The van der Waals surface area contributed by atoms with Crippen LogP contribution in [-0.2, 0) is 0 Å². The molecule has 42 valence electrons. The van der Waals surface area contributed by atoms with E-state index in [4.69, 9.17) is 0 Å². The molecule has 0 saturated carbocycles.